The van der Waals surface area contributed by atoms with Crippen LogP contribution in [0.15, 0.2) is 53.3 Å². The second-order valence-electron chi connectivity index (χ2n) is 7.12. The van der Waals surface area contributed by atoms with Gasteiger partial charge < -0.3 is 9.84 Å². The Hall–Kier alpha value is -3.02. The van der Waals surface area contributed by atoms with E-state index in [1.165, 1.54) is 5.56 Å². The Morgan fingerprint density at radius 2 is 1.77 bits per heavy atom. The molecule has 0 bridgehead atoms. The lowest BCUT2D eigenvalue weighted by Crippen LogP contribution is -2.14. The van der Waals surface area contributed by atoms with Gasteiger partial charge in [0.15, 0.2) is 0 Å². The van der Waals surface area contributed by atoms with Gasteiger partial charge in [-0.2, -0.15) is 4.98 Å². The molecule has 3 aromatic rings. The number of rotatable bonds is 5. The minimum Gasteiger partial charge on any atom is -0.339 e. The molecule has 0 aliphatic heterocycles. The fourth-order valence-corrected chi connectivity index (χ4v) is 2.47. The minimum atomic E-state index is -0.0860. The summed E-state index contributed by atoms with van der Waals surface area (Å²) >= 11 is 0. The summed E-state index contributed by atoms with van der Waals surface area (Å²) < 4.78 is 5.21. The third kappa shape index (κ3) is 4.53. The Balaban J connectivity index is 1.54. The molecule has 0 fully saturated rings. The monoisotopic (exact) mass is 350 g/mol. The Morgan fingerprint density at radius 3 is 2.42 bits per heavy atom. The topological polar surface area (TPSA) is 80.9 Å². The second-order valence-corrected chi connectivity index (χ2v) is 7.12. The number of nitrogens with one attached hydrogen (secondary N) is 1. The van der Waals surface area contributed by atoms with E-state index in [0.717, 1.165) is 11.3 Å². The summed E-state index contributed by atoms with van der Waals surface area (Å²) in [5.41, 5.74) is 2.93. The Bertz CT molecular complexity index is 865. The summed E-state index contributed by atoms with van der Waals surface area (Å²) in [7, 11) is 0. The Morgan fingerprint density at radius 1 is 1.08 bits per heavy atom. The van der Waals surface area contributed by atoms with E-state index >= 15 is 0 Å². The molecule has 1 amide bonds. The first-order valence-electron chi connectivity index (χ1n) is 8.55. The molecule has 0 aliphatic carbocycles. The zero-order valence-corrected chi connectivity index (χ0v) is 15.2. The number of nitrogens with zero attached hydrogens (tertiary/aromatic N) is 3. The van der Waals surface area contributed by atoms with Crippen molar-refractivity contribution in [2.24, 2.45) is 0 Å². The third-order valence-corrected chi connectivity index (χ3v) is 4.01. The molecule has 1 N–H and O–H groups in total. The first-order chi connectivity index (χ1) is 12.4. The molecule has 26 heavy (non-hydrogen) atoms. The van der Waals surface area contributed by atoms with Crippen molar-refractivity contribution in [1.29, 1.82) is 0 Å². The van der Waals surface area contributed by atoms with Crippen LogP contribution in [-0.4, -0.2) is 21.0 Å². The van der Waals surface area contributed by atoms with Crippen molar-refractivity contribution in [3.63, 3.8) is 0 Å². The molecule has 0 spiro atoms. The number of hydrogen-bond donors (Lipinski definition) is 1. The number of amides is 1. The van der Waals surface area contributed by atoms with Crippen LogP contribution in [0.3, 0.4) is 0 Å². The molecule has 6 nitrogen and oxygen atoms in total. The number of aryl methyl sites for hydroxylation is 1. The minimum absolute atomic E-state index is 0.0860. The van der Waals surface area contributed by atoms with E-state index in [4.69, 9.17) is 4.52 Å². The highest BCUT2D eigenvalue weighted by molar-refractivity contribution is 5.90. The Kier molecular flexibility index (Phi) is 5.11. The van der Waals surface area contributed by atoms with E-state index in [2.05, 4.69) is 41.2 Å². The summed E-state index contributed by atoms with van der Waals surface area (Å²) in [6, 6.07) is 11.5. The number of benzene rings is 1. The molecule has 0 saturated heterocycles. The standard InChI is InChI=1S/C20H22N4O2/c1-20(2,3)15-4-6-16(7-5-15)22-17(25)8-9-18-23-19(24-26-18)14-10-12-21-13-11-14/h4-7,10-13H,8-9H2,1-3H3,(H,22,25). The number of pyridine rings is 1. The van der Waals surface area contributed by atoms with Crippen molar-refractivity contribution < 1.29 is 9.32 Å². The van der Waals surface area contributed by atoms with Crippen LogP contribution in [0, 0.1) is 0 Å². The second kappa shape index (κ2) is 7.47. The zero-order chi connectivity index (χ0) is 18.6. The maximum atomic E-state index is 12.1. The summed E-state index contributed by atoms with van der Waals surface area (Å²) in [6.07, 6.45) is 4.01. The van der Waals surface area contributed by atoms with Crippen LogP contribution in [0.5, 0.6) is 0 Å². The fraction of sp³-hybridized carbons (Fsp3) is 0.300. The highest BCUT2D eigenvalue weighted by atomic mass is 16.5. The lowest BCUT2D eigenvalue weighted by atomic mass is 9.87. The smallest absolute Gasteiger partial charge is 0.227 e. The van der Waals surface area contributed by atoms with Gasteiger partial charge in [0.2, 0.25) is 17.6 Å². The molecule has 134 valence electrons. The third-order valence-electron chi connectivity index (χ3n) is 4.01. The van der Waals surface area contributed by atoms with Gasteiger partial charge in [-0.3, -0.25) is 9.78 Å². The van der Waals surface area contributed by atoms with Gasteiger partial charge in [-0.15, -0.1) is 0 Å². The van der Waals surface area contributed by atoms with E-state index in [-0.39, 0.29) is 17.7 Å². The van der Waals surface area contributed by atoms with Crippen molar-refractivity contribution in [2.75, 3.05) is 5.32 Å². The van der Waals surface area contributed by atoms with Gasteiger partial charge in [-0.05, 0) is 35.2 Å². The van der Waals surface area contributed by atoms with Gasteiger partial charge in [0.05, 0.1) is 0 Å². The summed E-state index contributed by atoms with van der Waals surface area (Å²) in [5, 5.41) is 6.83. The molecule has 0 atom stereocenters. The van der Waals surface area contributed by atoms with Crippen molar-refractivity contribution >= 4 is 11.6 Å². The zero-order valence-electron chi connectivity index (χ0n) is 15.2. The van der Waals surface area contributed by atoms with Crippen molar-refractivity contribution in [1.82, 2.24) is 15.1 Å². The van der Waals surface area contributed by atoms with Crippen LogP contribution in [0.1, 0.15) is 38.6 Å². The lowest BCUT2D eigenvalue weighted by Gasteiger charge is -2.19. The average molecular weight is 350 g/mol. The van der Waals surface area contributed by atoms with E-state index in [0.29, 0.717) is 18.1 Å². The highest BCUT2D eigenvalue weighted by Crippen LogP contribution is 2.23. The summed E-state index contributed by atoms with van der Waals surface area (Å²) in [5.74, 6) is 0.854. The molecule has 6 heteroatoms. The first-order valence-corrected chi connectivity index (χ1v) is 8.55. The van der Waals surface area contributed by atoms with Gasteiger partial charge >= 0.3 is 0 Å². The molecule has 1 aromatic carbocycles. The number of anilines is 1. The molecule has 0 saturated carbocycles. The SMILES string of the molecule is CC(C)(C)c1ccc(NC(=O)CCc2nc(-c3ccncc3)no2)cc1. The van der Waals surface area contributed by atoms with Crippen molar-refractivity contribution in [3.8, 4) is 11.4 Å². The molecule has 0 unspecified atom stereocenters. The maximum absolute atomic E-state index is 12.1. The van der Waals surface area contributed by atoms with Crippen molar-refractivity contribution in [3.05, 3.63) is 60.2 Å². The summed E-state index contributed by atoms with van der Waals surface area (Å²) in [6.45, 7) is 6.47. The van der Waals surface area contributed by atoms with E-state index < -0.39 is 0 Å². The first kappa shape index (κ1) is 17.8. The predicted octanol–water partition coefficient (Wildman–Crippen LogP) is 4.00. The van der Waals surface area contributed by atoms with Crippen LogP contribution in [0.2, 0.25) is 0 Å². The van der Waals surface area contributed by atoms with Gasteiger partial charge in [-0.25, -0.2) is 0 Å². The number of aromatic nitrogens is 3. The largest absolute Gasteiger partial charge is 0.339 e. The van der Waals surface area contributed by atoms with Crippen LogP contribution in [-0.2, 0) is 16.6 Å². The normalized spacial score (nSPS) is 11.3. The van der Waals surface area contributed by atoms with Gasteiger partial charge in [0, 0.05) is 36.5 Å². The van der Waals surface area contributed by atoms with Crippen LogP contribution < -0.4 is 5.32 Å². The quantitative estimate of drug-likeness (QED) is 0.752. The molecular weight excluding hydrogens is 328 g/mol. The average Bonchev–Trinajstić information content (AvgIpc) is 3.09. The lowest BCUT2D eigenvalue weighted by molar-refractivity contribution is -0.116. The number of carbonyl (C=O) groups is 1. The number of carbonyl (C=O) groups excluding carboxylic acids is 1. The molecular formula is C20H22N4O2. The van der Waals surface area contributed by atoms with Crippen LogP contribution in [0.25, 0.3) is 11.4 Å². The van der Waals surface area contributed by atoms with Crippen LogP contribution >= 0.6 is 0 Å². The van der Waals surface area contributed by atoms with Crippen LogP contribution in [0.4, 0.5) is 5.69 Å². The van der Waals surface area contributed by atoms with E-state index in [1.54, 1.807) is 12.4 Å². The highest BCUT2D eigenvalue weighted by Gasteiger charge is 2.14. The molecule has 0 aliphatic rings. The maximum Gasteiger partial charge on any atom is 0.227 e. The molecule has 2 heterocycles. The molecule has 2 aromatic heterocycles. The fourth-order valence-electron chi connectivity index (χ4n) is 2.47. The summed E-state index contributed by atoms with van der Waals surface area (Å²) in [4.78, 5) is 20.4. The van der Waals surface area contributed by atoms with E-state index in [9.17, 15) is 4.79 Å². The number of hydrogen-bond acceptors (Lipinski definition) is 5. The molecule has 0 radical (unpaired) electrons. The van der Waals surface area contributed by atoms with E-state index in [1.807, 2.05) is 36.4 Å². The van der Waals surface area contributed by atoms with Gasteiger partial charge in [0.1, 0.15) is 0 Å². The van der Waals surface area contributed by atoms with Crippen molar-refractivity contribution in [2.45, 2.75) is 39.0 Å². The molecule has 3 rings (SSSR count). The Labute approximate surface area is 152 Å². The van der Waals surface area contributed by atoms with Gasteiger partial charge in [-0.1, -0.05) is 38.1 Å². The van der Waals surface area contributed by atoms with Gasteiger partial charge in [0.25, 0.3) is 0 Å². The predicted molar refractivity (Wildman–Crippen MR) is 99.6 cm³/mol.